The van der Waals surface area contributed by atoms with Crippen molar-refractivity contribution in [3.63, 3.8) is 0 Å². The molecular formula is C10H12BrN. The molecule has 0 spiro atoms. The molecule has 1 aliphatic heterocycles. The Morgan fingerprint density at radius 1 is 1.42 bits per heavy atom. The average molecular weight is 226 g/mol. The quantitative estimate of drug-likeness (QED) is 0.716. The van der Waals surface area contributed by atoms with Gasteiger partial charge in [-0.25, -0.2) is 0 Å². The molecule has 1 aromatic carbocycles. The zero-order chi connectivity index (χ0) is 8.55. The van der Waals surface area contributed by atoms with E-state index < -0.39 is 0 Å². The van der Waals surface area contributed by atoms with Gasteiger partial charge in [-0.15, -0.1) is 0 Å². The standard InChI is InChI=1S/C10H12BrN/c1-7-5-10-8(6-9(7)11)3-2-4-12-10/h5-6,12H,2-4H2,1H3. The van der Waals surface area contributed by atoms with Gasteiger partial charge in [-0.2, -0.15) is 0 Å². The maximum absolute atomic E-state index is 3.55. The molecule has 64 valence electrons. The van der Waals surface area contributed by atoms with Crippen LogP contribution < -0.4 is 5.32 Å². The number of aryl methyl sites for hydroxylation is 2. The van der Waals surface area contributed by atoms with Crippen LogP contribution in [0, 0.1) is 6.92 Å². The van der Waals surface area contributed by atoms with Crippen molar-refractivity contribution in [2.24, 2.45) is 0 Å². The zero-order valence-corrected chi connectivity index (χ0v) is 8.74. The van der Waals surface area contributed by atoms with Crippen molar-refractivity contribution >= 4 is 21.6 Å². The fraction of sp³-hybridized carbons (Fsp3) is 0.400. The molecule has 0 atom stereocenters. The van der Waals surface area contributed by atoms with Crippen LogP contribution in [-0.4, -0.2) is 6.54 Å². The molecule has 0 amide bonds. The summed E-state index contributed by atoms with van der Waals surface area (Å²) in [5.41, 5.74) is 4.07. The van der Waals surface area contributed by atoms with Crippen LogP contribution in [0.25, 0.3) is 0 Å². The summed E-state index contributed by atoms with van der Waals surface area (Å²) < 4.78 is 1.23. The van der Waals surface area contributed by atoms with Crippen LogP contribution in [0.1, 0.15) is 17.5 Å². The molecule has 1 aliphatic rings. The lowest BCUT2D eigenvalue weighted by Crippen LogP contribution is -2.11. The minimum Gasteiger partial charge on any atom is -0.385 e. The Morgan fingerprint density at radius 3 is 3.08 bits per heavy atom. The van der Waals surface area contributed by atoms with Gasteiger partial charge in [-0.05, 0) is 43.0 Å². The summed E-state index contributed by atoms with van der Waals surface area (Å²) in [5.74, 6) is 0. The molecule has 1 N–H and O–H groups in total. The number of hydrogen-bond donors (Lipinski definition) is 1. The van der Waals surface area contributed by atoms with E-state index >= 15 is 0 Å². The highest BCUT2D eigenvalue weighted by Gasteiger charge is 2.09. The number of halogens is 1. The van der Waals surface area contributed by atoms with E-state index in [1.54, 1.807) is 0 Å². The molecule has 1 aromatic rings. The number of anilines is 1. The molecule has 0 aliphatic carbocycles. The van der Waals surface area contributed by atoms with Gasteiger partial charge in [0.2, 0.25) is 0 Å². The van der Waals surface area contributed by atoms with Crippen LogP contribution in [0.2, 0.25) is 0 Å². The lowest BCUT2D eigenvalue weighted by Gasteiger charge is -2.18. The summed E-state index contributed by atoms with van der Waals surface area (Å²) in [4.78, 5) is 0. The molecule has 0 bridgehead atoms. The lowest BCUT2D eigenvalue weighted by molar-refractivity contribution is 0.829. The second-order valence-corrected chi connectivity index (χ2v) is 4.14. The predicted octanol–water partition coefficient (Wildman–Crippen LogP) is 3.12. The molecule has 2 rings (SSSR count). The Morgan fingerprint density at radius 2 is 2.25 bits per heavy atom. The van der Waals surface area contributed by atoms with Gasteiger partial charge in [-0.3, -0.25) is 0 Å². The zero-order valence-electron chi connectivity index (χ0n) is 7.15. The molecule has 0 saturated carbocycles. The first-order chi connectivity index (χ1) is 5.77. The smallest absolute Gasteiger partial charge is 0.0376 e. The average Bonchev–Trinajstić information content (AvgIpc) is 2.07. The summed E-state index contributed by atoms with van der Waals surface area (Å²) >= 11 is 3.55. The van der Waals surface area contributed by atoms with Crippen LogP contribution >= 0.6 is 15.9 Å². The van der Waals surface area contributed by atoms with Crippen molar-refractivity contribution in [3.8, 4) is 0 Å². The van der Waals surface area contributed by atoms with E-state index in [2.05, 4.69) is 40.3 Å². The molecule has 12 heavy (non-hydrogen) atoms. The van der Waals surface area contributed by atoms with E-state index in [9.17, 15) is 0 Å². The Labute approximate surface area is 81.3 Å². The molecule has 1 nitrogen and oxygen atoms in total. The Hall–Kier alpha value is -0.500. The van der Waals surface area contributed by atoms with Gasteiger partial charge in [0.15, 0.2) is 0 Å². The Bertz CT molecular complexity index is 276. The van der Waals surface area contributed by atoms with E-state index in [0.717, 1.165) is 6.54 Å². The number of rotatable bonds is 0. The van der Waals surface area contributed by atoms with Gasteiger partial charge in [-0.1, -0.05) is 15.9 Å². The highest BCUT2D eigenvalue weighted by atomic mass is 79.9. The number of hydrogen-bond acceptors (Lipinski definition) is 1. The number of fused-ring (bicyclic) bond motifs is 1. The molecule has 0 unspecified atom stereocenters. The fourth-order valence-corrected chi connectivity index (χ4v) is 1.99. The van der Waals surface area contributed by atoms with Gasteiger partial charge in [0.1, 0.15) is 0 Å². The van der Waals surface area contributed by atoms with Crippen molar-refractivity contribution in [2.75, 3.05) is 11.9 Å². The lowest BCUT2D eigenvalue weighted by atomic mass is 10.0. The van der Waals surface area contributed by atoms with Crippen molar-refractivity contribution < 1.29 is 0 Å². The Kier molecular flexibility index (Phi) is 2.09. The third-order valence-corrected chi connectivity index (χ3v) is 3.18. The third kappa shape index (κ3) is 1.36. The second kappa shape index (κ2) is 3.09. The van der Waals surface area contributed by atoms with Crippen molar-refractivity contribution in [1.29, 1.82) is 0 Å². The normalized spacial score (nSPS) is 15.2. The maximum atomic E-state index is 3.55. The second-order valence-electron chi connectivity index (χ2n) is 3.29. The molecule has 0 saturated heterocycles. The first-order valence-corrected chi connectivity index (χ1v) is 5.09. The van der Waals surface area contributed by atoms with Gasteiger partial charge in [0.05, 0.1) is 0 Å². The monoisotopic (exact) mass is 225 g/mol. The molecule has 2 heteroatoms. The summed E-state index contributed by atoms with van der Waals surface area (Å²) in [6.07, 6.45) is 2.46. The van der Waals surface area contributed by atoms with Gasteiger partial charge >= 0.3 is 0 Å². The largest absolute Gasteiger partial charge is 0.385 e. The van der Waals surface area contributed by atoms with Crippen LogP contribution in [-0.2, 0) is 6.42 Å². The summed E-state index contributed by atoms with van der Waals surface area (Å²) in [6, 6.07) is 4.45. The van der Waals surface area contributed by atoms with Crippen LogP contribution in [0.15, 0.2) is 16.6 Å². The third-order valence-electron chi connectivity index (χ3n) is 2.32. The minimum atomic E-state index is 1.12. The molecule has 0 radical (unpaired) electrons. The van der Waals surface area contributed by atoms with E-state index in [1.165, 1.54) is 34.1 Å². The van der Waals surface area contributed by atoms with Gasteiger partial charge in [0.25, 0.3) is 0 Å². The van der Waals surface area contributed by atoms with Crippen LogP contribution in [0.5, 0.6) is 0 Å². The summed E-state index contributed by atoms with van der Waals surface area (Å²) in [5, 5.41) is 3.41. The topological polar surface area (TPSA) is 12.0 Å². The van der Waals surface area contributed by atoms with Crippen LogP contribution in [0.4, 0.5) is 5.69 Å². The molecule has 0 fully saturated rings. The maximum Gasteiger partial charge on any atom is 0.0376 e. The minimum absolute atomic E-state index is 1.12. The van der Waals surface area contributed by atoms with Gasteiger partial charge in [0, 0.05) is 16.7 Å². The summed E-state index contributed by atoms with van der Waals surface area (Å²) in [7, 11) is 0. The Balaban J connectivity index is 2.49. The van der Waals surface area contributed by atoms with E-state index in [4.69, 9.17) is 0 Å². The highest BCUT2D eigenvalue weighted by molar-refractivity contribution is 9.10. The number of nitrogens with one attached hydrogen (secondary N) is 1. The van der Waals surface area contributed by atoms with Gasteiger partial charge < -0.3 is 5.32 Å². The SMILES string of the molecule is Cc1cc2c(cc1Br)CCCN2. The van der Waals surface area contributed by atoms with E-state index in [0.29, 0.717) is 0 Å². The molecular weight excluding hydrogens is 214 g/mol. The van der Waals surface area contributed by atoms with E-state index in [1.807, 2.05) is 0 Å². The molecule has 1 heterocycles. The molecule has 0 aromatic heterocycles. The van der Waals surface area contributed by atoms with Crippen LogP contribution in [0.3, 0.4) is 0 Å². The summed E-state index contributed by atoms with van der Waals surface area (Å²) in [6.45, 7) is 3.24. The first kappa shape index (κ1) is 8.11. The predicted molar refractivity (Wildman–Crippen MR) is 55.7 cm³/mol. The van der Waals surface area contributed by atoms with E-state index in [-0.39, 0.29) is 0 Å². The van der Waals surface area contributed by atoms with Crippen molar-refractivity contribution in [2.45, 2.75) is 19.8 Å². The fourth-order valence-electron chi connectivity index (χ4n) is 1.60. The highest BCUT2D eigenvalue weighted by Crippen LogP contribution is 2.28. The van der Waals surface area contributed by atoms with Crippen molar-refractivity contribution in [3.05, 3.63) is 27.7 Å². The number of benzene rings is 1. The first-order valence-electron chi connectivity index (χ1n) is 4.30. The van der Waals surface area contributed by atoms with Crippen molar-refractivity contribution in [1.82, 2.24) is 0 Å².